The van der Waals surface area contributed by atoms with Gasteiger partial charge in [-0.05, 0) is 50.9 Å². The first kappa shape index (κ1) is 10.5. The number of hydrogen-bond acceptors (Lipinski definition) is 1. The van der Waals surface area contributed by atoms with Gasteiger partial charge in [0.05, 0.1) is 0 Å². The normalized spacial score (nSPS) is 41.4. The van der Waals surface area contributed by atoms with E-state index in [4.69, 9.17) is 0 Å². The minimum atomic E-state index is 0.426. The molecule has 1 saturated carbocycles. The summed E-state index contributed by atoms with van der Waals surface area (Å²) < 4.78 is 0. The fraction of sp³-hybridized carbons (Fsp3) is 1.00. The Bertz CT molecular complexity index is 226. The van der Waals surface area contributed by atoms with Gasteiger partial charge >= 0.3 is 0 Å². The molecule has 0 aromatic carbocycles. The molecule has 1 N–H and O–H groups in total. The maximum atomic E-state index is 3.70. The summed E-state index contributed by atoms with van der Waals surface area (Å²) in [7, 11) is 0. The van der Waals surface area contributed by atoms with Gasteiger partial charge in [-0.15, -0.1) is 0 Å². The molecule has 1 saturated heterocycles. The van der Waals surface area contributed by atoms with Crippen LogP contribution in [0.3, 0.4) is 0 Å². The second-order valence-electron chi connectivity index (χ2n) is 6.97. The van der Waals surface area contributed by atoms with Crippen LogP contribution >= 0.6 is 0 Å². The minimum absolute atomic E-state index is 0.426. The molecule has 1 nitrogen and oxygen atoms in total. The molecule has 0 bridgehead atoms. The Morgan fingerprint density at radius 2 is 1.50 bits per heavy atom. The highest BCUT2D eigenvalue weighted by atomic mass is 15.3. The summed E-state index contributed by atoms with van der Waals surface area (Å²) >= 11 is 0. The molecule has 82 valence electrons. The molecule has 0 aromatic rings. The Morgan fingerprint density at radius 1 is 1.07 bits per heavy atom. The van der Waals surface area contributed by atoms with Crippen LogP contribution in [0.25, 0.3) is 0 Å². The van der Waals surface area contributed by atoms with Crippen molar-refractivity contribution in [1.29, 1.82) is 0 Å². The Balaban J connectivity index is 1.95. The molecule has 2 aliphatic rings. The third kappa shape index (κ3) is 1.50. The molecule has 0 atom stereocenters. The number of nitrogens with one attached hydrogen (secondary N) is 1. The molecule has 1 spiro atoms. The minimum Gasteiger partial charge on any atom is -0.303 e. The predicted molar refractivity (Wildman–Crippen MR) is 61.4 cm³/mol. The number of rotatable bonds is 0. The van der Waals surface area contributed by atoms with Crippen molar-refractivity contribution < 1.29 is 0 Å². The number of hydrogen-bond donors (Lipinski definition) is 1. The van der Waals surface area contributed by atoms with Crippen LogP contribution in [0.1, 0.15) is 60.3 Å². The average Bonchev–Trinajstić information content (AvgIpc) is 2.51. The quantitative estimate of drug-likeness (QED) is 0.588. The third-order valence-electron chi connectivity index (χ3n) is 4.75. The van der Waals surface area contributed by atoms with E-state index in [1.54, 1.807) is 0 Å². The Hall–Kier alpha value is -0.0400. The van der Waals surface area contributed by atoms with Crippen LogP contribution < -0.4 is 5.32 Å². The lowest BCUT2D eigenvalue weighted by Crippen LogP contribution is -2.33. The molecule has 0 unspecified atom stereocenters. The third-order valence-corrected chi connectivity index (χ3v) is 4.75. The Labute approximate surface area is 88.7 Å². The van der Waals surface area contributed by atoms with E-state index in [1.165, 1.54) is 25.7 Å². The molecule has 0 radical (unpaired) electrons. The van der Waals surface area contributed by atoms with Gasteiger partial charge in [-0.2, -0.15) is 0 Å². The summed E-state index contributed by atoms with van der Waals surface area (Å²) in [5.74, 6) is 0.936. The van der Waals surface area contributed by atoms with Crippen LogP contribution in [0, 0.1) is 11.3 Å². The first-order valence-electron chi connectivity index (χ1n) is 6.06. The zero-order valence-corrected chi connectivity index (χ0v) is 10.4. The monoisotopic (exact) mass is 195 g/mol. The Morgan fingerprint density at radius 3 is 1.79 bits per heavy atom. The lowest BCUT2D eigenvalue weighted by atomic mass is 9.67. The molecule has 1 heteroatoms. The van der Waals surface area contributed by atoms with Gasteiger partial charge in [0.15, 0.2) is 0 Å². The van der Waals surface area contributed by atoms with Crippen LogP contribution in [-0.2, 0) is 0 Å². The van der Waals surface area contributed by atoms with Gasteiger partial charge in [0.1, 0.15) is 0 Å². The van der Waals surface area contributed by atoms with E-state index in [9.17, 15) is 0 Å². The lowest BCUT2D eigenvalue weighted by Gasteiger charge is -2.37. The summed E-state index contributed by atoms with van der Waals surface area (Å²) in [6.45, 7) is 11.9. The van der Waals surface area contributed by atoms with Crippen LogP contribution in [-0.4, -0.2) is 11.1 Å². The predicted octanol–water partition coefficient (Wildman–Crippen LogP) is 3.34. The van der Waals surface area contributed by atoms with Crippen molar-refractivity contribution in [1.82, 2.24) is 5.32 Å². The Kier molecular flexibility index (Phi) is 2.06. The SMILES string of the molecule is CC(C)(C)C1CCC2(CC1)NC2(C)C. The van der Waals surface area contributed by atoms with Gasteiger partial charge in [-0.3, -0.25) is 0 Å². The summed E-state index contributed by atoms with van der Waals surface area (Å²) in [4.78, 5) is 0. The van der Waals surface area contributed by atoms with E-state index in [1.807, 2.05) is 0 Å². The molecule has 1 heterocycles. The highest BCUT2D eigenvalue weighted by molar-refractivity contribution is 5.23. The fourth-order valence-corrected chi connectivity index (χ4v) is 3.29. The van der Waals surface area contributed by atoms with Crippen molar-refractivity contribution >= 4 is 0 Å². The van der Waals surface area contributed by atoms with Crippen molar-refractivity contribution in [2.24, 2.45) is 11.3 Å². The van der Waals surface area contributed by atoms with Crippen molar-refractivity contribution in [2.45, 2.75) is 71.4 Å². The molecule has 1 aliphatic carbocycles. The largest absolute Gasteiger partial charge is 0.303 e. The van der Waals surface area contributed by atoms with E-state index in [0.29, 0.717) is 16.5 Å². The molecule has 1 aliphatic heterocycles. The summed E-state index contributed by atoms with van der Waals surface area (Å²) in [6.07, 6.45) is 5.61. The smallest absolute Gasteiger partial charge is 0.0364 e. The van der Waals surface area contributed by atoms with Crippen molar-refractivity contribution in [3.8, 4) is 0 Å². The van der Waals surface area contributed by atoms with Crippen LogP contribution in [0.5, 0.6) is 0 Å². The average molecular weight is 195 g/mol. The van der Waals surface area contributed by atoms with Crippen molar-refractivity contribution in [3.63, 3.8) is 0 Å². The van der Waals surface area contributed by atoms with Gasteiger partial charge in [0, 0.05) is 11.1 Å². The molecule has 2 fully saturated rings. The first-order valence-corrected chi connectivity index (χ1v) is 6.06. The fourth-order valence-electron chi connectivity index (χ4n) is 3.29. The van der Waals surface area contributed by atoms with Gasteiger partial charge in [-0.25, -0.2) is 0 Å². The summed E-state index contributed by atoms with van der Waals surface area (Å²) in [6, 6.07) is 0. The first-order chi connectivity index (χ1) is 6.27. The second kappa shape index (κ2) is 2.75. The van der Waals surface area contributed by atoms with Crippen LogP contribution in [0.4, 0.5) is 0 Å². The maximum absolute atomic E-state index is 3.70. The zero-order chi connectivity index (χ0) is 10.6. The summed E-state index contributed by atoms with van der Waals surface area (Å²) in [5, 5.41) is 3.70. The van der Waals surface area contributed by atoms with Crippen molar-refractivity contribution in [2.75, 3.05) is 0 Å². The van der Waals surface area contributed by atoms with E-state index in [-0.39, 0.29) is 0 Å². The lowest BCUT2D eigenvalue weighted by molar-refractivity contribution is 0.157. The van der Waals surface area contributed by atoms with E-state index in [2.05, 4.69) is 39.9 Å². The van der Waals surface area contributed by atoms with Gasteiger partial charge in [-0.1, -0.05) is 20.8 Å². The highest BCUT2D eigenvalue weighted by Gasteiger charge is 2.61. The maximum Gasteiger partial charge on any atom is 0.0364 e. The van der Waals surface area contributed by atoms with Crippen LogP contribution in [0.15, 0.2) is 0 Å². The molecular formula is C13H25N. The molecule has 0 aromatic heterocycles. The van der Waals surface area contributed by atoms with Gasteiger partial charge in [0.2, 0.25) is 0 Å². The van der Waals surface area contributed by atoms with E-state index >= 15 is 0 Å². The molecule has 0 amide bonds. The van der Waals surface area contributed by atoms with Gasteiger partial charge < -0.3 is 5.32 Å². The molecule has 14 heavy (non-hydrogen) atoms. The summed E-state index contributed by atoms with van der Waals surface area (Å²) in [5.41, 5.74) is 1.46. The molecule has 2 rings (SSSR count). The van der Waals surface area contributed by atoms with E-state index < -0.39 is 0 Å². The highest BCUT2D eigenvalue weighted by Crippen LogP contribution is 2.52. The zero-order valence-electron chi connectivity index (χ0n) is 10.4. The van der Waals surface area contributed by atoms with Crippen molar-refractivity contribution in [3.05, 3.63) is 0 Å². The standard InChI is InChI=1S/C13H25N/c1-11(2,3)10-6-8-13(9-7-10)12(4,5)14-13/h10,14H,6-9H2,1-5H3. The molecular weight excluding hydrogens is 170 g/mol. The topological polar surface area (TPSA) is 21.9 Å². The van der Waals surface area contributed by atoms with Gasteiger partial charge in [0.25, 0.3) is 0 Å². The van der Waals surface area contributed by atoms with E-state index in [0.717, 1.165) is 5.92 Å². The second-order valence-corrected chi connectivity index (χ2v) is 6.97. The van der Waals surface area contributed by atoms with Crippen LogP contribution in [0.2, 0.25) is 0 Å².